The van der Waals surface area contributed by atoms with Crippen molar-refractivity contribution in [2.45, 2.75) is 19.3 Å². The highest BCUT2D eigenvalue weighted by Gasteiger charge is 2.37. The molecule has 1 aliphatic carbocycles. The third-order valence-electron chi connectivity index (χ3n) is 9.73. The molecule has 2 aromatic heterocycles. The van der Waals surface area contributed by atoms with Crippen LogP contribution in [0.2, 0.25) is 0 Å². The molecule has 0 saturated heterocycles. The van der Waals surface area contributed by atoms with Gasteiger partial charge < -0.3 is 9.13 Å². The number of rotatable bonds is 3. The van der Waals surface area contributed by atoms with Gasteiger partial charge in [0.15, 0.2) is 0 Å². The van der Waals surface area contributed by atoms with E-state index in [0.717, 1.165) is 28.1 Å². The number of hydrogen-bond acceptors (Lipinski definition) is 1. The molecule has 0 spiro atoms. The lowest BCUT2D eigenvalue weighted by atomic mass is 9.82. The second-order valence-corrected chi connectivity index (χ2v) is 12.5. The summed E-state index contributed by atoms with van der Waals surface area (Å²) in [5.41, 5.74) is 14.8. The summed E-state index contributed by atoms with van der Waals surface area (Å²) in [6.07, 6.45) is 0. The molecule has 0 radical (unpaired) electrons. The molecule has 0 aliphatic heterocycles. The smallest absolute Gasteiger partial charge is 0.140 e. The molecule has 8 aromatic rings. The first-order valence-corrected chi connectivity index (χ1v) is 15.3. The number of fused-ring (bicyclic) bond motifs is 8. The van der Waals surface area contributed by atoms with E-state index in [9.17, 15) is 0 Å². The van der Waals surface area contributed by atoms with Crippen LogP contribution in [0.4, 0.5) is 0 Å². The van der Waals surface area contributed by atoms with E-state index in [1.807, 2.05) is 6.07 Å². The Morgan fingerprint density at radius 3 is 2.20 bits per heavy atom. The van der Waals surface area contributed by atoms with Crippen LogP contribution in [0.5, 0.6) is 0 Å². The van der Waals surface area contributed by atoms with Crippen LogP contribution in [0.25, 0.3) is 72.2 Å². The monoisotopic (exact) mass is 565 g/mol. The lowest BCUT2D eigenvalue weighted by Gasteiger charge is -2.21. The molecule has 3 heteroatoms. The Bertz CT molecular complexity index is 2420. The van der Waals surface area contributed by atoms with E-state index < -0.39 is 0 Å². The molecule has 0 unspecified atom stereocenters. The number of nitrogens with zero attached hydrogens (tertiary/aromatic N) is 3. The quantitative estimate of drug-likeness (QED) is 0.209. The largest absolute Gasteiger partial charge is 0.327 e. The molecule has 0 amide bonds. The van der Waals surface area contributed by atoms with Gasteiger partial charge in [0.05, 0.1) is 22.1 Å². The van der Waals surface area contributed by atoms with E-state index in [0.29, 0.717) is 0 Å². The van der Waals surface area contributed by atoms with Gasteiger partial charge in [-0.25, -0.2) is 4.98 Å². The number of aryl methyl sites for hydroxylation is 1. The standard InChI is InChI=1S/C41H31N3/c1-41(2)32-18-9-7-16-30(32)38-33(41)21-23-36-39(38)31-17-8-10-19-35(31)44(36)29-15-11-14-27(24-29)28-20-22-34-37(25-28)43(3)40(42-34)26-12-5-4-6-13-26/h4-25H,1-3H3. The number of aromatic nitrogens is 3. The van der Waals surface area contributed by atoms with Crippen LogP contribution in [-0.2, 0) is 12.5 Å². The SMILES string of the molecule is Cn1c(-c2ccccc2)nc2ccc(-c3cccc(-n4c5ccccc5c5c6c(ccc54)C(C)(C)c4ccccc4-6)c3)cc21. The van der Waals surface area contributed by atoms with Crippen LogP contribution in [0, 0.1) is 0 Å². The number of imidazole rings is 1. The van der Waals surface area contributed by atoms with Crippen molar-refractivity contribution in [1.29, 1.82) is 0 Å². The molecule has 0 bridgehead atoms. The zero-order valence-corrected chi connectivity index (χ0v) is 25.0. The number of para-hydroxylation sites is 1. The highest BCUT2D eigenvalue weighted by Crippen LogP contribution is 2.53. The van der Waals surface area contributed by atoms with Crippen LogP contribution in [0.15, 0.2) is 133 Å². The van der Waals surface area contributed by atoms with Gasteiger partial charge in [-0.2, -0.15) is 0 Å². The van der Waals surface area contributed by atoms with E-state index in [1.165, 1.54) is 55.2 Å². The molecular weight excluding hydrogens is 534 g/mol. The molecule has 0 fully saturated rings. The molecule has 2 heterocycles. The van der Waals surface area contributed by atoms with Gasteiger partial charge in [0, 0.05) is 34.5 Å². The van der Waals surface area contributed by atoms with Crippen molar-refractivity contribution in [2.75, 3.05) is 0 Å². The molecule has 0 saturated carbocycles. The molecule has 44 heavy (non-hydrogen) atoms. The highest BCUT2D eigenvalue weighted by atomic mass is 15.1. The normalized spacial score (nSPS) is 13.5. The van der Waals surface area contributed by atoms with Crippen molar-refractivity contribution in [3.8, 4) is 39.3 Å². The Labute approximate surface area is 256 Å². The van der Waals surface area contributed by atoms with E-state index in [-0.39, 0.29) is 5.41 Å². The van der Waals surface area contributed by atoms with Crippen LogP contribution >= 0.6 is 0 Å². The molecule has 3 nitrogen and oxygen atoms in total. The highest BCUT2D eigenvalue weighted by molar-refractivity contribution is 6.17. The summed E-state index contributed by atoms with van der Waals surface area (Å²) in [6.45, 7) is 4.71. The van der Waals surface area contributed by atoms with Gasteiger partial charge in [-0.3, -0.25) is 0 Å². The van der Waals surface area contributed by atoms with Gasteiger partial charge >= 0.3 is 0 Å². The lowest BCUT2D eigenvalue weighted by Crippen LogP contribution is -2.14. The van der Waals surface area contributed by atoms with Crippen molar-refractivity contribution in [3.63, 3.8) is 0 Å². The van der Waals surface area contributed by atoms with Gasteiger partial charge in [0.25, 0.3) is 0 Å². The minimum Gasteiger partial charge on any atom is -0.327 e. The van der Waals surface area contributed by atoms with Crippen molar-refractivity contribution in [3.05, 3.63) is 145 Å². The Hall–Kier alpha value is -5.41. The summed E-state index contributed by atoms with van der Waals surface area (Å²) < 4.78 is 4.64. The molecule has 0 N–H and O–H groups in total. The zero-order chi connectivity index (χ0) is 29.6. The maximum atomic E-state index is 4.96. The maximum Gasteiger partial charge on any atom is 0.140 e. The Balaban J connectivity index is 1.24. The van der Waals surface area contributed by atoms with Gasteiger partial charge in [-0.1, -0.05) is 111 Å². The van der Waals surface area contributed by atoms with Crippen molar-refractivity contribution < 1.29 is 0 Å². The third-order valence-corrected chi connectivity index (χ3v) is 9.73. The fraction of sp³-hybridized carbons (Fsp3) is 0.0976. The summed E-state index contributed by atoms with van der Waals surface area (Å²) in [4.78, 5) is 4.96. The van der Waals surface area contributed by atoms with Crippen LogP contribution in [0.1, 0.15) is 25.0 Å². The lowest BCUT2D eigenvalue weighted by molar-refractivity contribution is 0.661. The summed E-state index contributed by atoms with van der Waals surface area (Å²) in [7, 11) is 2.11. The van der Waals surface area contributed by atoms with Crippen molar-refractivity contribution in [2.24, 2.45) is 7.05 Å². The van der Waals surface area contributed by atoms with Crippen LogP contribution in [0.3, 0.4) is 0 Å². The minimum absolute atomic E-state index is 0.0337. The van der Waals surface area contributed by atoms with E-state index in [4.69, 9.17) is 4.98 Å². The Kier molecular flexibility index (Phi) is 5.16. The predicted molar refractivity (Wildman–Crippen MR) is 183 cm³/mol. The van der Waals surface area contributed by atoms with Crippen LogP contribution in [-0.4, -0.2) is 14.1 Å². The average molecular weight is 566 g/mol. The first-order chi connectivity index (χ1) is 21.5. The maximum absolute atomic E-state index is 4.96. The molecule has 0 atom stereocenters. The first-order valence-electron chi connectivity index (χ1n) is 15.3. The van der Waals surface area contributed by atoms with Gasteiger partial charge in [0.2, 0.25) is 0 Å². The Morgan fingerprint density at radius 1 is 0.568 bits per heavy atom. The van der Waals surface area contributed by atoms with Gasteiger partial charge in [0.1, 0.15) is 5.82 Å². The number of benzene rings is 6. The van der Waals surface area contributed by atoms with E-state index >= 15 is 0 Å². The average Bonchev–Trinajstić information content (AvgIpc) is 3.66. The second kappa shape index (κ2) is 9.05. The second-order valence-electron chi connectivity index (χ2n) is 12.5. The van der Waals surface area contributed by atoms with Gasteiger partial charge in [-0.05, 0) is 69.8 Å². The molecule has 210 valence electrons. The zero-order valence-electron chi connectivity index (χ0n) is 25.0. The van der Waals surface area contributed by atoms with Crippen molar-refractivity contribution >= 4 is 32.8 Å². The first kappa shape index (κ1) is 25.1. The topological polar surface area (TPSA) is 22.8 Å². The molecule has 6 aromatic carbocycles. The number of hydrogen-bond donors (Lipinski definition) is 0. The van der Waals surface area contributed by atoms with Crippen LogP contribution < -0.4 is 0 Å². The van der Waals surface area contributed by atoms with Crippen molar-refractivity contribution in [1.82, 2.24) is 14.1 Å². The fourth-order valence-electron chi connectivity index (χ4n) is 7.57. The summed E-state index contributed by atoms with van der Waals surface area (Å²) >= 11 is 0. The Morgan fingerprint density at radius 2 is 1.32 bits per heavy atom. The third kappa shape index (κ3) is 3.41. The summed E-state index contributed by atoms with van der Waals surface area (Å²) in [5.74, 6) is 0.981. The summed E-state index contributed by atoms with van der Waals surface area (Å²) in [5, 5.41) is 2.63. The predicted octanol–water partition coefficient (Wildman–Crippen LogP) is 10.3. The van der Waals surface area contributed by atoms with Gasteiger partial charge in [-0.15, -0.1) is 0 Å². The minimum atomic E-state index is -0.0337. The summed E-state index contributed by atoms with van der Waals surface area (Å²) in [6, 6.07) is 48.5. The van der Waals surface area contributed by atoms with E-state index in [2.05, 4.69) is 157 Å². The fourth-order valence-corrected chi connectivity index (χ4v) is 7.57. The molecule has 1 aliphatic rings. The van der Waals surface area contributed by atoms with E-state index in [1.54, 1.807) is 0 Å². The molecule has 9 rings (SSSR count). The molecular formula is C41H31N3.